The molecule has 1 N–H and O–H groups in total. The van der Waals surface area contributed by atoms with Gasteiger partial charge >= 0.3 is 6.03 Å². The predicted octanol–water partition coefficient (Wildman–Crippen LogP) is 3.98. The topological polar surface area (TPSA) is 44.8 Å². The first-order chi connectivity index (χ1) is 15.2. The Bertz CT molecular complexity index is 947. The van der Waals surface area contributed by atoms with Crippen molar-refractivity contribution in [1.29, 1.82) is 0 Å². The Morgan fingerprint density at radius 3 is 2.42 bits per heavy atom. The Morgan fingerprint density at radius 2 is 1.71 bits per heavy atom. The van der Waals surface area contributed by atoms with Gasteiger partial charge in [0.05, 0.1) is 12.1 Å². The van der Waals surface area contributed by atoms with E-state index in [1.54, 1.807) is 0 Å². The van der Waals surface area contributed by atoms with Crippen LogP contribution in [0.15, 0.2) is 48.5 Å². The van der Waals surface area contributed by atoms with Gasteiger partial charge in [-0.15, -0.1) is 0 Å². The Labute approximate surface area is 184 Å². The molecule has 0 unspecified atom stereocenters. The van der Waals surface area contributed by atoms with Crippen molar-refractivity contribution in [2.75, 3.05) is 26.2 Å². The maximum Gasteiger partial charge on any atom is 0.318 e. The van der Waals surface area contributed by atoms with Crippen molar-refractivity contribution < 1.29 is 9.53 Å². The number of nitrogens with zero attached hydrogens (tertiary/aromatic N) is 2. The molecule has 1 aliphatic carbocycles. The quantitative estimate of drug-likeness (QED) is 0.819. The van der Waals surface area contributed by atoms with E-state index in [0.717, 1.165) is 43.7 Å². The second kappa shape index (κ2) is 7.86. The third-order valence-corrected chi connectivity index (χ3v) is 7.53. The van der Waals surface area contributed by atoms with Gasteiger partial charge in [-0.3, -0.25) is 0 Å². The molecule has 0 spiro atoms. The van der Waals surface area contributed by atoms with Crippen LogP contribution in [0.25, 0.3) is 0 Å². The highest BCUT2D eigenvalue weighted by molar-refractivity contribution is 5.76. The highest BCUT2D eigenvalue weighted by Gasteiger charge is 2.38. The van der Waals surface area contributed by atoms with Gasteiger partial charge in [-0.05, 0) is 79.9 Å². The van der Waals surface area contributed by atoms with Crippen molar-refractivity contribution in [3.05, 3.63) is 65.2 Å². The van der Waals surface area contributed by atoms with Crippen LogP contribution in [-0.4, -0.2) is 54.2 Å². The number of carbonyl (C=O) groups excluding carboxylic acids is 1. The second-order valence-electron chi connectivity index (χ2n) is 9.63. The molecule has 0 aromatic heterocycles. The Hall–Kier alpha value is -2.53. The van der Waals surface area contributed by atoms with Gasteiger partial charge in [0, 0.05) is 19.1 Å². The molecule has 4 fully saturated rings. The molecule has 5 aliphatic rings. The highest BCUT2D eigenvalue weighted by Crippen LogP contribution is 2.37. The molecule has 1 saturated carbocycles. The molecular formula is C26H31N3O2. The van der Waals surface area contributed by atoms with Crippen LogP contribution < -0.4 is 10.1 Å². The van der Waals surface area contributed by atoms with E-state index in [0.29, 0.717) is 12.0 Å². The van der Waals surface area contributed by atoms with Crippen molar-refractivity contribution in [3.63, 3.8) is 0 Å². The van der Waals surface area contributed by atoms with Crippen LogP contribution in [0.4, 0.5) is 4.79 Å². The molecule has 4 aliphatic heterocycles. The standard InChI is InChI=1S/C26H31N3O2/c30-26(27-24-17-28-14-11-19(24)12-15-28)29-16-13-18-3-1-2-4-23(18)25(29)20-5-7-21(8-6-20)31-22-9-10-22/h1-8,19,22,24-25H,9-17H2,(H,27,30)/t24-,25+/m1/s1. The molecule has 2 aromatic carbocycles. The van der Waals surface area contributed by atoms with Crippen molar-refractivity contribution in [3.8, 4) is 5.75 Å². The Balaban J connectivity index is 1.27. The number of nitrogens with one attached hydrogen (secondary N) is 1. The number of hydrogen-bond acceptors (Lipinski definition) is 3. The first kappa shape index (κ1) is 19.2. The van der Waals surface area contributed by atoms with Crippen molar-refractivity contribution in [2.45, 2.75) is 50.3 Å². The maximum absolute atomic E-state index is 13.5. The summed E-state index contributed by atoms with van der Waals surface area (Å²) in [5.74, 6) is 1.56. The van der Waals surface area contributed by atoms with Gasteiger partial charge in [0.15, 0.2) is 0 Å². The smallest absolute Gasteiger partial charge is 0.318 e. The summed E-state index contributed by atoms with van der Waals surface area (Å²) in [6, 6.07) is 17.3. The zero-order valence-electron chi connectivity index (χ0n) is 18.0. The average Bonchev–Trinajstić information content (AvgIpc) is 3.64. The van der Waals surface area contributed by atoms with Gasteiger partial charge in [0.25, 0.3) is 0 Å². The summed E-state index contributed by atoms with van der Waals surface area (Å²) in [5, 5.41) is 3.42. The van der Waals surface area contributed by atoms with Crippen molar-refractivity contribution >= 4 is 6.03 Å². The maximum atomic E-state index is 13.5. The lowest BCUT2D eigenvalue weighted by atomic mass is 9.84. The van der Waals surface area contributed by atoms with Crippen molar-refractivity contribution in [1.82, 2.24) is 15.1 Å². The van der Waals surface area contributed by atoms with E-state index in [9.17, 15) is 4.79 Å². The van der Waals surface area contributed by atoms with Crippen LogP contribution in [0, 0.1) is 5.92 Å². The van der Waals surface area contributed by atoms with Crippen LogP contribution in [0.3, 0.4) is 0 Å². The highest BCUT2D eigenvalue weighted by atomic mass is 16.5. The van der Waals surface area contributed by atoms with E-state index in [-0.39, 0.29) is 18.1 Å². The first-order valence-corrected chi connectivity index (χ1v) is 11.9. The van der Waals surface area contributed by atoms with Gasteiger partial charge in [-0.2, -0.15) is 0 Å². The minimum Gasteiger partial charge on any atom is -0.490 e. The lowest BCUT2D eigenvalue weighted by Crippen LogP contribution is -2.59. The fourth-order valence-corrected chi connectivity index (χ4v) is 5.62. The fraction of sp³-hybridized carbons (Fsp3) is 0.500. The molecular weight excluding hydrogens is 386 g/mol. The number of rotatable bonds is 4. The first-order valence-electron chi connectivity index (χ1n) is 11.9. The summed E-state index contributed by atoms with van der Waals surface area (Å²) < 4.78 is 5.94. The normalized spacial score (nSPS) is 29.4. The number of hydrogen-bond donors (Lipinski definition) is 1. The van der Waals surface area contributed by atoms with E-state index < -0.39 is 0 Å². The van der Waals surface area contributed by atoms with Crippen LogP contribution in [0.1, 0.15) is 48.4 Å². The molecule has 2 amide bonds. The minimum absolute atomic E-state index is 0.0546. The predicted molar refractivity (Wildman–Crippen MR) is 120 cm³/mol. The Morgan fingerprint density at radius 1 is 0.935 bits per heavy atom. The van der Waals surface area contributed by atoms with Gasteiger partial charge < -0.3 is 19.9 Å². The van der Waals surface area contributed by atoms with Gasteiger partial charge in [-0.25, -0.2) is 4.79 Å². The van der Waals surface area contributed by atoms with E-state index in [2.05, 4.69) is 63.6 Å². The molecule has 3 saturated heterocycles. The summed E-state index contributed by atoms with van der Waals surface area (Å²) in [6.45, 7) is 4.12. The number of fused-ring (bicyclic) bond motifs is 4. The minimum atomic E-state index is -0.0546. The molecule has 5 heteroatoms. The molecule has 2 bridgehead atoms. The molecule has 7 rings (SSSR count). The van der Waals surface area contributed by atoms with E-state index in [1.807, 2.05) is 0 Å². The number of carbonyl (C=O) groups is 1. The third kappa shape index (κ3) is 3.80. The lowest BCUT2D eigenvalue weighted by Gasteiger charge is -2.46. The number of benzene rings is 2. The molecule has 2 atom stereocenters. The monoisotopic (exact) mass is 417 g/mol. The molecule has 162 valence electrons. The summed E-state index contributed by atoms with van der Waals surface area (Å²) in [6.07, 6.45) is 6.03. The van der Waals surface area contributed by atoms with Crippen LogP contribution >= 0.6 is 0 Å². The van der Waals surface area contributed by atoms with Gasteiger partial charge in [-0.1, -0.05) is 36.4 Å². The number of piperidine rings is 3. The summed E-state index contributed by atoms with van der Waals surface area (Å²) in [7, 11) is 0. The lowest BCUT2D eigenvalue weighted by molar-refractivity contribution is 0.0715. The van der Waals surface area contributed by atoms with Gasteiger partial charge in [0.1, 0.15) is 5.75 Å². The second-order valence-corrected chi connectivity index (χ2v) is 9.63. The SMILES string of the molecule is O=C(N[C@@H]1CN2CCC1CC2)N1CCc2ccccc2[C@@H]1c1ccc(OC2CC2)cc1. The summed E-state index contributed by atoms with van der Waals surface area (Å²) in [4.78, 5) is 18.1. The Kier molecular flexibility index (Phi) is 4.87. The van der Waals surface area contributed by atoms with Crippen LogP contribution in [0.5, 0.6) is 5.75 Å². The molecule has 31 heavy (non-hydrogen) atoms. The zero-order chi connectivity index (χ0) is 20.8. The fourth-order valence-electron chi connectivity index (χ4n) is 5.62. The summed E-state index contributed by atoms with van der Waals surface area (Å²) >= 11 is 0. The van der Waals surface area contributed by atoms with Crippen LogP contribution in [0.2, 0.25) is 0 Å². The summed E-state index contributed by atoms with van der Waals surface area (Å²) in [5.41, 5.74) is 3.74. The molecule has 0 radical (unpaired) electrons. The van der Waals surface area contributed by atoms with Crippen molar-refractivity contribution in [2.24, 2.45) is 5.92 Å². The molecule has 2 aromatic rings. The number of urea groups is 1. The largest absolute Gasteiger partial charge is 0.490 e. The molecule has 4 heterocycles. The number of ether oxygens (including phenoxy) is 1. The van der Waals surface area contributed by atoms with E-state index >= 15 is 0 Å². The zero-order valence-corrected chi connectivity index (χ0v) is 18.0. The number of amides is 2. The third-order valence-electron chi connectivity index (χ3n) is 7.53. The van der Waals surface area contributed by atoms with E-state index in [4.69, 9.17) is 4.74 Å². The van der Waals surface area contributed by atoms with E-state index in [1.165, 1.54) is 37.1 Å². The van der Waals surface area contributed by atoms with Gasteiger partial charge in [0.2, 0.25) is 0 Å². The average molecular weight is 418 g/mol. The molecule has 5 nitrogen and oxygen atoms in total. The van der Waals surface area contributed by atoms with Crippen LogP contribution in [-0.2, 0) is 6.42 Å².